The standard InChI is InChI=1S/C15H21NO4/c1-3-19-13-6-4-5-7-14(13)20-11-15(17)16-9-8-12(10-16)18-2/h4-7,12H,3,8-11H2,1-2H3. The molecule has 20 heavy (non-hydrogen) atoms. The van der Waals surface area contributed by atoms with Crippen LogP contribution in [0.15, 0.2) is 24.3 Å². The summed E-state index contributed by atoms with van der Waals surface area (Å²) in [5.74, 6) is 1.25. The maximum atomic E-state index is 12.1. The van der Waals surface area contributed by atoms with Gasteiger partial charge in [0.2, 0.25) is 0 Å². The summed E-state index contributed by atoms with van der Waals surface area (Å²) in [5, 5.41) is 0. The highest BCUT2D eigenvalue weighted by atomic mass is 16.5. The van der Waals surface area contributed by atoms with Crippen molar-refractivity contribution < 1.29 is 19.0 Å². The van der Waals surface area contributed by atoms with E-state index in [4.69, 9.17) is 14.2 Å². The Hall–Kier alpha value is -1.75. The predicted molar refractivity (Wildman–Crippen MR) is 75.1 cm³/mol. The van der Waals surface area contributed by atoms with Crippen LogP contribution in [-0.4, -0.2) is 50.3 Å². The third-order valence-electron chi connectivity index (χ3n) is 3.33. The minimum absolute atomic E-state index is 0.0177. The summed E-state index contributed by atoms with van der Waals surface area (Å²) < 4.78 is 16.3. The van der Waals surface area contributed by atoms with Gasteiger partial charge in [0.15, 0.2) is 18.1 Å². The molecule has 1 aliphatic rings. The zero-order chi connectivity index (χ0) is 14.4. The molecule has 1 aromatic carbocycles. The molecule has 0 aliphatic carbocycles. The van der Waals surface area contributed by atoms with Crippen molar-refractivity contribution in [2.45, 2.75) is 19.4 Å². The summed E-state index contributed by atoms with van der Waals surface area (Å²) in [4.78, 5) is 13.8. The zero-order valence-electron chi connectivity index (χ0n) is 12.0. The molecular formula is C15H21NO4. The van der Waals surface area contributed by atoms with Gasteiger partial charge in [0.1, 0.15) is 0 Å². The monoisotopic (exact) mass is 279 g/mol. The molecule has 0 aromatic heterocycles. The van der Waals surface area contributed by atoms with Gasteiger partial charge >= 0.3 is 0 Å². The highest BCUT2D eigenvalue weighted by Crippen LogP contribution is 2.26. The molecule has 110 valence electrons. The molecule has 5 heteroatoms. The number of benzene rings is 1. The second kappa shape index (κ2) is 7.14. The number of nitrogens with zero attached hydrogens (tertiary/aromatic N) is 1. The van der Waals surface area contributed by atoms with E-state index in [0.29, 0.717) is 24.7 Å². The third kappa shape index (κ3) is 3.63. The van der Waals surface area contributed by atoms with Crippen molar-refractivity contribution in [3.05, 3.63) is 24.3 Å². The first-order valence-electron chi connectivity index (χ1n) is 6.89. The van der Waals surface area contributed by atoms with Crippen LogP contribution in [0.1, 0.15) is 13.3 Å². The first-order chi connectivity index (χ1) is 9.74. The maximum Gasteiger partial charge on any atom is 0.260 e. The molecule has 1 atom stereocenters. The molecule has 1 amide bonds. The van der Waals surface area contributed by atoms with Crippen LogP contribution in [0.25, 0.3) is 0 Å². The zero-order valence-corrected chi connectivity index (χ0v) is 12.0. The largest absolute Gasteiger partial charge is 0.490 e. The molecule has 1 fully saturated rings. The number of carbonyl (C=O) groups is 1. The Morgan fingerprint density at radius 3 is 2.60 bits per heavy atom. The second-order valence-electron chi connectivity index (χ2n) is 4.65. The number of para-hydroxylation sites is 2. The molecule has 0 saturated carbocycles. The van der Waals surface area contributed by atoms with Crippen LogP contribution >= 0.6 is 0 Å². The fraction of sp³-hybridized carbons (Fsp3) is 0.533. The lowest BCUT2D eigenvalue weighted by Crippen LogP contribution is -2.33. The Balaban J connectivity index is 1.87. The molecule has 1 unspecified atom stereocenters. The summed E-state index contributed by atoms with van der Waals surface area (Å²) in [7, 11) is 1.67. The van der Waals surface area contributed by atoms with Crippen molar-refractivity contribution in [1.82, 2.24) is 4.90 Å². The number of carbonyl (C=O) groups excluding carboxylic acids is 1. The van der Waals surface area contributed by atoms with Gasteiger partial charge in [0.05, 0.1) is 12.7 Å². The van der Waals surface area contributed by atoms with Gasteiger partial charge in [-0.25, -0.2) is 0 Å². The molecule has 5 nitrogen and oxygen atoms in total. The maximum absolute atomic E-state index is 12.1. The number of methoxy groups -OCH3 is 1. The van der Waals surface area contributed by atoms with Crippen molar-refractivity contribution in [1.29, 1.82) is 0 Å². The van der Waals surface area contributed by atoms with Crippen LogP contribution in [0, 0.1) is 0 Å². The van der Waals surface area contributed by atoms with Gasteiger partial charge in [-0.15, -0.1) is 0 Å². The van der Waals surface area contributed by atoms with Gasteiger partial charge < -0.3 is 19.1 Å². The van der Waals surface area contributed by atoms with Crippen molar-refractivity contribution in [3.8, 4) is 11.5 Å². The van der Waals surface area contributed by atoms with Gasteiger partial charge in [-0.2, -0.15) is 0 Å². The van der Waals surface area contributed by atoms with E-state index >= 15 is 0 Å². The summed E-state index contributed by atoms with van der Waals surface area (Å²) in [6.07, 6.45) is 1.03. The summed E-state index contributed by atoms with van der Waals surface area (Å²) in [6.45, 7) is 3.88. The van der Waals surface area contributed by atoms with E-state index in [1.165, 1.54) is 0 Å². The van der Waals surface area contributed by atoms with Gasteiger partial charge in [-0.05, 0) is 25.5 Å². The molecule has 1 aliphatic heterocycles. The number of rotatable bonds is 6. The molecule has 0 spiro atoms. The lowest BCUT2D eigenvalue weighted by Gasteiger charge is -2.17. The van der Waals surface area contributed by atoms with E-state index in [1.807, 2.05) is 25.1 Å². The highest BCUT2D eigenvalue weighted by molar-refractivity contribution is 5.78. The van der Waals surface area contributed by atoms with Gasteiger partial charge in [-0.1, -0.05) is 12.1 Å². The fourth-order valence-corrected chi connectivity index (χ4v) is 2.22. The van der Waals surface area contributed by atoms with Crippen molar-refractivity contribution >= 4 is 5.91 Å². The number of likely N-dealkylation sites (tertiary alicyclic amines) is 1. The first kappa shape index (κ1) is 14.7. The molecule has 1 heterocycles. The molecule has 2 rings (SSSR count). The number of amides is 1. The van der Waals surface area contributed by atoms with E-state index in [2.05, 4.69) is 0 Å². The number of hydrogen-bond acceptors (Lipinski definition) is 4. The van der Waals surface area contributed by atoms with Crippen LogP contribution < -0.4 is 9.47 Å². The van der Waals surface area contributed by atoms with E-state index in [9.17, 15) is 4.79 Å². The SMILES string of the molecule is CCOc1ccccc1OCC(=O)N1CCC(OC)C1. The van der Waals surface area contributed by atoms with Gasteiger partial charge in [0.25, 0.3) is 5.91 Å². The lowest BCUT2D eigenvalue weighted by atomic mass is 10.3. The van der Waals surface area contributed by atoms with Crippen LogP contribution in [0.3, 0.4) is 0 Å². The van der Waals surface area contributed by atoms with E-state index in [1.54, 1.807) is 18.1 Å². The van der Waals surface area contributed by atoms with Gasteiger partial charge in [0, 0.05) is 20.2 Å². The molecule has 1 saturated heterocycles. The highest BCUT2D eigenvalue weighted by Gasteiger charge is 2.26. The lowest BCUT2D eigenvalue weighted by molar-refractivity contribution is -0.132. The quantitative estimate of drug-likeness (QED) is 0.795. The number of ether oxygens (including phenoxy) is 3. The van der Waals surface area contributed by atoms with E-state index in [0.717, 1.165) is 13.0 Å². The van der Waals surface area contributed by atoms with Crippen LogP contribution in [0.4, 0.5) is 0 Å². The first-order valence-corrected chi connectivity index (χ1v) is 6.89. The topological polar surface area (TPSA) is 48.0 Å². The second-order valence-corrected chi connectivity index (χ2v) is 4.65. The Morgan fingerprint density at radius 1 is 1.30 bits per heavy atom. The molecule has 0 bridgehead atoms. The van der Waals surface area contributed by atoms with Crippen LogP contribution in [-0.2, 0) is 9.53 Å². The Labute approximate surface area is 119 Å². The van der Waals surface area contributed by atoms with E-state index in [-0.39, 0.29) is 18.6 Å². The Bertz CT molecular complexity index is 449. The predicted octanol–water partition coefficient (Wildman–Crippen LogP) is 1.71. The van der Waals surface area contributed by atoms with Crippen molar-refractivity contribution in [2.75, 3.05) is 33.4 Å². The summed E-state index contributed by atoms with van der Waals surface area (Å²) in [5.41, 5.74) is 0. The van der Waals surface area contributed by atoms with Crippen LogP contribution in [0.2, 0.25) is 0 Å². The average Bonchev–Trinajstić information content (AvgIpc) is 2.95. The fourth-order valence-electron chi connectivity index (χ4n) is 2.22. The van der Waals surface area contributed by atoms with Gasteiger partial charge in [-0.3, -0.25) is 4.79 Å². The van der Waals surface area contributed by atoms with Crippen molar-refractivity contribution in [2.24, 2.45) is 0 Å². The Kier molecular flexibility index (Phi) is 5.24. The summed E-state index contributed by atoms with van der Waals surface area (Å²) in [6, 6.07) is 7.38. The van der Waals surface area contributed by atoms with Crippen molar-refractivity contribution in [3.63, 3.8) is 0 Å². The molecule has 1 aromatic rings. The Morgan fingerprint density at radius 2 is 2.00 bits per heavy atom. The smallest absolute Gasteiger partial charge is 0.260 e. The third-order valence-corrected chi connectivity index (χ3v) is 3.33. The minimum Gasteiger partial charge on any atom is -0.490 e. The number of hydrogen-bond donors (Lipinski definition) is 0. The normalized spacial score (nSPS) is 18.1. The molecule has 0 N–H and O–H groups in total. The van der Waals surface area contributed by atoms with Crippen LogP contribution in [0.5, 0.6) is 11.5 Å². The molecular weight excluding hydrogens is 258 g/mol. The minimum atomic E-state index is -0.0177. The summed E-state index contributed by atoms with van der Waals surface area (Å²) >= 11 is 0. The molecule has 0 radical (unpaired) electrons. The average molecular weight is 279 g/mol. The van der Waals surface area contributed by atoms with E-state index < -0.39 is 0 Å².